The number of aliphatic hydroxyl groups excluding tert-OH is 1. The summed E-state index contributed by atoms with van der Waals surface area (Å²) in [5, 5.41) is 26.5. The second-order valence-electron chi connectivity index (χ2n) is 19.8. The van der Waals surface area contributed by atoms with Crippen LogP contribution in [0.1, 0.15) is 93.9 Å². The van der Waals surface area contributed by atoms with Gasteiger partial charge in [-0.15, -0.1) is 12.4 Å². The van der Waals surface area contributed by atoms with E-state index in [1.807, 2.05) is 85.2 Å². The summed E-state index contributed by atoms with van der Waals surface area (Å²) < 4.78 is 45.9. The SMILES string of the molecule is CCN(CC)CCCC(C)Nc1c2ccc(Cl)cc2nc2ccc(OC)cc12.CCN(CC)CCCC(C)Nc1ccnc2cc(Cl)ccc12.CCN(CCO)CCCC(C)Nc1ccnc2cc(Cl)ccc12.Cl.O=P(O)(O)O.O=S(=O)(O)O. The van der Waals surface area contributed by atoms with Gasteiger partial charge >= 0.3 is 18.2 Å². The molecule has 0 fully saturated rings. The number of aliphatic hydroxyl groups is 1. The van der Waals surface area contributed by atoms with Crippen LogP contribution in [-0.4, -0.2) is 158 Å². The summed E-state index contributed by atoms with van der Waals surface area (Å²) in [6.07, 6.45) is 10.5. The van der Waals surface area contributed by atoms with Crippen LogP contribution in [0.15, 0.2) is 97.3 Å². The van der Waals surface area contributed by atoms with E-state index in [-0.39, 0.29) is 19.0 Å². The van der Waals surface area contributed by atoms with E-state index in [1.54, 1.807) is 7.11 Å². The molecule has 7 aromatic rings. The van der Waals surface area contributed by atoms with Crippen molar-refractivity contribution in [2.24, 2.45) is 0 Å². The number of fused-ring (bicyclic) bond motifs is 4. The highest BCUT2D eigenvalue weighted by atomic mass is 35.5. The van der Waals surface area contributed by atoms with Gasteiger partial charge in [-0.1, -0.05) is 69.4 Å². The van der Waals surface area contributed by atoms with Gasteiger partial charge in [0.25, 0.3) is 0 Å². The minimum atomic E-state index is -4.67. The molecule has 25 heteroatoms. The lowest BCUT2D eigenvalue weighted by molar-refractivity contribution is 0.199. The van der Waals surface area contributed by atoms with Crippen molar-refractivity contribution in [3.63, 3.8) is 0 Å². The second kappa shape index (κ2) is 39.4. The summed E-state index contributed by atoms with van der Waals surface area (Å²) in [4.78, 5) is 42.3. The number of aromatic nitrogens is 3. The third-order valence-corrected chi connectivity index (χ3v) is 14.2. The molecule has 0 saturated heterocycles. The minimum absolute atomic E-state index is 0. The van der Waals surface area contributed by atoms with Gasteiger partial charge in [0.15, 0.2) is 0 Å². The largest absolute Gasteiger partial charge is 0.497 e. The Morgan fingerprint density at radius 1 is 0.548 bits per heavy atom. The Balaban J connectivity index is 0.000000397. The normalized spacial score (nSPS) is 12.4. The number of anilines is 3. The first-order valence-electron chi connectivity index (χ1n) is 28.0. The maximum atomic E-state index is 9.02. The Kier molecular flexibility index (Phi) is 35.4. The van der Waals surface area contributed by atoms with Crippen LogP contribution < -0.4 is 20.7 Å². The quantitative estimate of drug-likeness (QED) is 0.0139. The number of nitrogens with zero attached hydrogens (tertiary/aromatic N) is 6. The maximum absolute atomic E-state index is 9.02. The average Bonchev–Trinajstić information content (AvgIpc) is 3.44. The highest BCUT2D eigenvalue weighted by molar-refractivity contribution is 7.79. The summed E-state index contributed by atoms with van der Waals surface area (Å²) >= 11 is 18.3. The molecule has 468 valence electrons. The molecule has 0 bridgehead atoms. The maximum Gasteiger partial charge on any atom is 0.466 e. The number of phosphoric acid groups is 1. The lowest BCUT2D eigenvalue weighted by Gasteiger charge is -2.22. The van der Waals surface area contributed by atoms with Crippen LogP contribution >= 0.6 is 55.0 Å². The van der Waals surface area contributed by atoms with Gasteiger partial charge < -0.3 is 55.2 Å². The van der Waals surface area contributed by atoms with Crippen LogP contribution in [0.5, 0.6) is 5.75 Å². The van der Waals surface area contributed by atoms with E-state index in [2.05, 4.69) is 108 Å². The van der Waals surface area contributed by atoms with Gasteiger partial charge in [0.2, 0.25) is 0 Å². The van der Waals surface area contributed by atoms with E-state index < -0.39 is 18.2 Å². The van der Waals surface area contributed by atoms with Crippen LogP contribution in [-0.2, 0) is 15.0 Å². The number of nitrogens with one attached hydrogen (secondary N) is 3. The number of pyridine rings is 3. The van der Waals surface area contributed by atoms with Gasteiger partial charge in [-0.25, -0.2) is 9.55 Å². The number of ether oxygens (including phenoxy) is 1. The Hall–Kier alpha value is -4.45. The molecular formula is C59H88Cl4N9O10PS. The molecule has 3 aromatic heterocycles. The van der Waals surface area contributed by atoms with Crippen molar-refractivity contribution in [2.75, 3.05) is 88.6 Å². The summed E-state index contributed by atoms with van der Waals surface area (Å²) in [6, 6.07) is 28.8. The van der Waals surface area contributed by atoms with Crippen molar-refractivity contribution in [1.29, 1.82) is 0 Å². The van der Waals surface area contributed by atoms with Crippen molar-refractivity contribution < 1.29 is 46.6 Å². The average molecular weight is 1290 g/mol. The number of rotatable bonds is 26. The molecule has 0 spiro atoms. The second-order valence-corrected chi connectivity index (χ2v) is 23.0. The number of methoxy groups -OCH3 is 1. The van der Waals surface area contributed by atoms with Crippen LogP contribution in [0.2, 0.25) is 15.1 Å². The molecule has 3 atom stereocenters. The zero-order valence-electron chi connectivity index (χ0n) is 49.7. The van der Waals surface area contributed by atoms with E-state index >= 15 is 0 Å². The molecule has 0 radical (unpaired) electrons. The van der Waals surface area contributed by atoms with Gasteiger partial charge in [0, 0.05) is 85.1 Å². The first kappa shape index (κ1) is 75.6. The molecule has 0 aliphatic carbocycles. The summed E-state index contributed by atoms with van der Waals surface area (Å²) in [5.41, 5.74) is 7.03. The highest BCUT2D eigenvalue weighted by Gasteiger charge is 2.15. The van der Waals surface area contributed by atoms with E-state index in [0.717, 1.165) is 149 Å². The molecular weight excluding hydrogens is 1200 g/mol. The van der Waals surface area contributed by atoms with Gasteiger partial charge in [0.05, 0.1) is 41.5 Å². The number of halogens is 4. The number of likely N-dealkylation sites (N-methyl/N-ethyl adjacent to an activating group) is 1. The van der Waals surface area contributed by atoms with Crippen molar-refractivity contribution in [3.05, 3.63) is 112 Å². The van der Waals surface area contributed by atoms with Crippen LogP contribution in [0, 0.1) is 0 Å². The van der Waals surface area contributed by atoms with Crippen LogP contribution in [0.25, 0.3) is 43.6 Å². The van der Waals surface area contributed by atoms with Crippen molar-refractivity contribution in [3.8, 4) is 5.75 Å². The molecule has 3 heterocycles. The van der Waals surface area contributed by atoms with Gasteiger partial charge in [0.1, 0.15) is 5.75 Å². The molecule has 9 N–H and O–H groups in total. The fraction of sp³-hybridized carbons (Fsp3) is 0.475. The molecule has 84 heavy (non-hydrogen) atoms. The van der Waals surface area contributed by atoms with E-state index in [1.165, 1.54) is 19.4 Å². The summed E-state index contributed by atoms with van der Waals surface area (Å²) in [5.74, 6) is 0.833. The van der Waals surface area contributed by atoms with E-state index in [4.69, 9.17) is 86.4 Å². The Morgan fingerprint density at radius 3 is 1.32 bits per heavy atom. The zero-order chi connectivity index (χ0) is 61.7. The first-order valence-corrected chi connectivity index (χ1v) is 32.1. The fourth-order valence-electron chi connectivity index (χ4n) is 9.18. The molecule has 0 aliphatic heterocycles. The van der Waals surface area contributed by atoms with Crippen LogP contribution in [0.4, 0.5) is 17.1 Å². The molecule has 19 nitrogen and oxygen atoms in total. The first-order chi connectivity index (χ1) is 39.3. The molecule has 4 aromatic carbocycles. The van der Waals surface area contributed by atoms with Gasteiger partial charge in [-0.2, -0.15) is 8.42 Å². The van der Waals surface area contributed by atoms with E-state index in [9.17, 15) is 0 Å². The lowest BCUT2D eigenvalue weighted by atomic mass is 10.1. The topological polar surface area (TPSA) is 266 Å². The third-order valence-electron chi connectivity index (χ3n) is 13.5. The molecule has 3 unspecified atom stereocenters. The molecule has 0 amide bonds. The Morgan fingerprint density at radius 2 is 0.929 bits per heavy atom. The highest BCUT2D eigenvalue weighted by Crippen LogP contribution is 2.35. The molecule has 0 aliphatic rings. The van der Waals surface area contributed by atoms with Gasteiger partial charge in [-0.05, 0) is 197 Å². The summed E-state index contributed by atoms with van der Waals surface area (Å²) in [7, 11) is -7.61. The third kappa shape index (κ3) is 29.3. The zero-order valence-corrected chi connectivity index (χ0v) is 54.5. The summed E-state index contributed by atoms with van der Waals surface area (Å²) in [6.45, 7) is 27.5. The smallest absolute Gasteiger partial charge is 0.466 e. The Labute approximate surface area is 518 Å². The number of hydrogen-bond acceptors (Lipinski definition) is 14. The van der Waals surface area contributed by atoms with Gasteiger partial charge in [-0.3, -0.25) is 19.1 Å². The van der Waals surface area contributed by atoms with Crippen LogP contribution in [0.3, 0.4) is 0 Å². The number of benzene rings is 4. The predicted molar refractivity (Wildman–Crippen MR) is 352 cm³/mol. The minimum Gasteiger partial charge on any atom is -0.497 e. The standard InChI is InChI=1S/C23H30ClN3O.C18H26ClN3O.C18H26ClN3.ClH.H3O4P.H2O4S/c1-5-27(6-2)13-7-8-16(3)25-23-19-11-9-17(24)14-22(19)26-21-12-10-18(28-4)15-20(21)23;1-3-22(11-12-23)10-4-5-14(2)21-17-8-9-20-18-13-15(19)6-7-16(17)18;1-4-22(5-2)12-6-7-14(3)21-17-10-11-20-18-13-15(19)8-9-16(17)18;;2*1-5(2,3)4/h9-12,14-16H,5-8,13H2,1-4H3,(H,25,26);6-9,13-14,23H,3-5,10-12H2,1-2H3,(H,20,21);8-11,13-14H,4-7,12H2,1-3H3,(H,20,21);1H;(H3,1,2,3,4);(H2,1,2,3,4). The van der Waals surface area contributed by atoms with E-state index in [0.29, 0.717) is 28.2 Å². The van der Waals surface area contributed by atoms with Crippen molar-refractivity contribution in [1.82, 2.24) is 29.7 Å². The van der Waals surface area contributed by atoms with Crippen molar-refractivity contribution >= 4 is 126 Å². The monoisotopic (exact) mass is 1290 g/mol. The lowest BCUT2D eigenvalue weighted by Crippen LogP contribution is -2.28. The predicted octanol–water partition coefficient (Wildman–Crippen LogP) is 13.4. The number of hydrogen-bond donors (Lipinski definition) is 9. The molecule has 7 rings (SSSR count). The Bertz CT molecular complexity index is 3190. The molecule has 0 saturated carbocycles. The van der Waals surface area contributed by atoms with Crippen molar-refractivity contribution in [2.45, 2.75) is 112 Å². The fourth-order valence-corrected chi connectivity index (χ4v) is 9.68.